The zero-order chi connectivity index (χ0) is 15.9. The summed E-state index contributed by atoms with van der Waals surface area (Å²) in [4.78, 5) is 8.85. The molecule has 0 saturated carbocycles. The normalized spacial score (nSPS) is 12.6. The summed E-state index contributed by atoms with van der Waals surface area (Å²) in [5, 5.41) is 6.60. The molecule has 0 aliphatic carbocycles. The molecule has 0 fully saturated rings. The Balaban J connectivity index is 2.46. The summed E-state index contributed by atoms with van der Waals surface area (Å²) in [6.45, 7) is 14.9. The van der Waals surface area contributed by atoms with E-state index in [4.69, 9.17) is 4.42 Å². The molecular formula is C16H30N4O. The molecule has 0 aromatic carbocycles. The van der Waals surface area contributed by atoms with E-state index in [9.17, 15) is 0 Å². The third-order valence-electron chi connectivity index (χ3n) is 3.19. The van der Waals surface area contributed by atoms with Crippen molar-refractivity contribution in [1.82, 2.24) is 15.6 Å². The van der Waals surface area contributed by atoms with E-state index < -0.39 is 0 Å². The van der Waals surface area contributed by atoms with Gasteiger partial charge >= 0.3 is 0 Å². The van der Waals surface area contributed by atoms with Gasteiger partial charge < -0.3 is 15.1 Å². The molecule has 0 amide bonds. The molecule has 120 valence electrons. The average molecular weight is 294 g/mol. The fraction of sp³-hybridized carbons (Fsp3) is 0.750. The van der Waals surface area contributed by atoms with Crippen molar-refractivity contribution in [3.05, 3.63) is 17.3 Å². The van der Waals surface area contributed by atoms with Gasteiger partial charge in [-0.05, 0) is 39.0 Å². The van der Waals surface area contributed by atoms with Crippen LogP contribution >= 0.6 is 0 Å². The average Bonchev–Trinajstić information content (AvgIpc) is 2.70. The molecule has 0 unspecified atom stereocenters. The van der Waals surface area contributed by atoms with Crippen LogP contribution in [0.4, 0.5) is 0 Å². The van der Waals surface area contributed by atoms with E-state index in [1.807, 2.05) is 13.8 Å². The minimum absolute atomic E-state index is 0.379. The largest absolute Gasteiger partial charge is 0.444 e. The molecule has 1 rings (SSSR count). The van der Waals surface area contributed by atoms with Crippen molar-refractivity contribution in [3.63, 3.8) is 0 Å². The monoisotopic (exact) mass is 294 g/mol. The van der Waals surface area contributed by atoms with Crippen molar-refractivity contribution >= 4 is 5.96 Å². The second-order valence-corrected chi connectivity index (χ2v) is 6.54. The van der Waals surface area contributed by atoms with Crippen molar-refractivity contribution < 1.29 is 4.42 Å². The molecule has 5 heteroatoms. The van der Waals surface area contributed by atoms with Gasteiger partial charge in [-0.1, -0.05) is 20.8 Å². The molecule has 0 aliphatic rings. The van der Waals surface area contributed by atoms with Gasteiger partial charge in [-0.2, -0.15) is 0 Å². The molecule has 0 bridgehead atoms. The summed E-state index contributed by atoms with van der Waals surface area (Å²) in [5.74, 6) is 2.35. The van der Waals surface area contributed by atoms with Crippen LogP contribution in [0.5, 0.6) is 0 Å². The van der Waals surface area contributed by atoms with Crippen molar-refractivity contribution in [2.24, 2.45) is 10.4 Å². The van der Waals surface area contributed by atoms with Gasteiger partial charge in [0.25, 0.3) is 0 Å². The quantitative estimate of drug-likeness (QED) is 0.480. The Morgan fingerprint density at radius 2 is 1.95 bits per heavy atom. The van der Waals surface area contributed by atoms with E-state index in [-0.39, 0.29) is 0 Å². The van der Waals surface area contributed by atoms with E-state index >= 15 is 0 Å². The maximum absolute atomic E-state index is 5.54. The van der Waals surface area contributed by atoms with Crippen molar-refractivity contribution in [1.29, 1.82) is 0 Å². The van der Waals surface area contributed by atoms with Crippen LogP contribution in [0.1, 0.15) is 57.9 Å². The highest BCUT2D eigenvalue weighted by molar-refractivity contribution is 5.79. The standard InChI is InChI=1S/C16H30N4O/c1-7-17-15(18-10-8-9-16(4,5)6)19-11-14-20-12(2)13(3)21-14/h7-11H2,1-6H3,(H2,17,18,19). The highest BCUT2D eigenvalue weighted by atomic mass is 16.4. The number of aryl methyl sites for hydroxylation is 2. The molecule has 0 saturated heterocycles. The number of aromatic nitrogens is 1. The number of rotatable bonds is 6. The van der Waals surface area contributed by atoms with E-state index in [1.165, 1.54) is 6.42 Å². The molecule has 5 nitrogen and oxygen atoms in total. The first-order valence-corrected chi connectivity index (χ1v) is 7.77. The lowest BCUT2D eigenvalue weighted by Crippen LogP contribution is -2.38. The van der Waals surface area contributed by atoms with Gasteiger partial charge in [0.2, 0.25) is 5.89 Å². The molecule has 1 aromatic heterocycles. The fourth-order valence-electron chi connectivity index (χ4n) is 1.92. The summed E-state index contributed by atoms with van der Waals surface area (Å²) in [6.07, 6.45) is 2.32. The Kier molecular flexibility index (Phi) is 6.72. The third-order valence-corrected chi connectivity index (χ3v) is 3.19. The molecule has 1 aromatic rings. The van der Waals surface area contributed by atoms with Gasteiger partial charge in [0.1, 0.15) is 12.3 Å². The Morgan fingerprint density at radius 1 is 1.24 bits per heavy atom. The maximum Gasteiger partial charge on any atom is 0.216 e. The molecule has 21 heavy (non-hydrogen) atoms. The minimum atomic E-state index is 0.379. The van der Waals surface area contributed by atoms with Gasteiger partial charge in [-0.15, -0.1) is 0 Å². The van der Waals surface area contributed by atoms with Crippen LogP contribution < -0.4 is 10.6 Å². The van der Waals surface area contributed by atoms with Crippen LogP contribution in [0.25, 0.3) is 0 Å². The Hall–Kier alpha value is -1.52. The predicted octanol–water partition coefficient (Wildman–Crippen LogP) is 3.17. The van der Waals surface area contributed by atoms with Gasteiger partial charge in [-0.3, -0.25) is 0 Å². The van der Waals surface area contributed by atoms with E-state index in [0.29, 0.717) is 17.9 Å². The Bertz CT molecular complexity index is 438. The van der Waals surface area contributed by atoms with Gasteiger partial charge in [-0.25, -0.2) is 9.98 Å². The van der Waals surface area contributed by atoms with Crippen LogP contribution in [0.15, 0.2) is 9.41 Å². The summed E-state index contributed by atoms with van der Waals surface area (Å²) < 4.78 is 5.54. The fourth-order valence-corrected chi connectivity index (χ4v) is 1.92. The third kappa shape index (κ3) is 7.16. The summed E-state index contributed by atoms with van der Waals surface area (Å²) >= 11 is 0. The smallest absolute Gasteiger partial charge is 0.216 e. The van der Waals surface area contributed by atoms with Crippen LogP contribution in [0.2, 0.25) is 0 Å². The van der Waals surface area contributed by atoms with E-state index in [2.05, 4.69) is 48.3 Å². The predicted molar refractivity (Wildman–Crippen MR) is 87.5 cm³/mol. The first-order chi connectivity index (χ1) is 9.81. The molecule has 0 atom stereocenters. The summed E-state index contributed by atoms with van der Waals surface area (Å²) in [5.41, 5.74) is 1.31. The second-order valence-electron chi connectivity index (χ2n) is 6.54. The Morgan fingerprint density at radius 3 is 2.48 bits per heavy atom. The number of nitrogens with one attached hydrogen (secondary N) is 2. The van der Waals surface area contributed by atoms with Gasteiger partial charge in [0.15, 0.2) is 5.96 Å². The van der Waals surface area contributed by atoms with E-state index in [1.54, 1.807) is 0 Å². The van der Waals surface area contributed by atoms with Crippen LogP contribution in [-0.2, 0) is 6.54 Å². The molecule has 0 radical (unpaired) electrons. The van der Waals surface area contributed by atoms with Crippen molar-refractivity contribution in [2.75, 3.05) is 13.1 Å². The lowest BCUT2D eigenvalue weighted by Gasteiger charge is -2.18. The second kappa shape index (κ2) is 8.05. The number of oxazole rings is 1. The molecule has 2 N–H and O–H groups in total. The molecule has 1 heterocycles. The molecule has 0 aliphatic heterocycles. The zero-order valence-corrected chi connectivity index (χ0v) is 14.3. The first-order valence-electron chi connectivity index (χ1n) is 7.77. The highest BCUT2D eigenvalue weighted by Gasteiger charge is 2.09. The van der Waals surface area contributed by atoms with Gasteiger partial charge in [0, 0.05) is 13.1 Å². The van der Waals surface area contributed by atoms with Crippen molar-refractivity contribution in [2.45, 2.75) is 60.9 Å². The number of aliphatic imine (C=N–C) groups is 1. The number of hydrogen-bond donors (Lipinski definition) is 2. The number of guanidine groups is 1. The van der Waals surface area contributed by atoms with Crippen molar-refractivity contribution in [3.8, 4) is 0 Å². The van der Waals surface area contributed by atoms with Gasteiger partial charge in [0.05, 0.1) is 5.69 Å². The summed E-state index contributed by atoms with van der Waals surface area (Å²) in [7, 11) is 0. The number of hydrogen-bond acceptors (Lipinski definition) is 3. The van der Waals surface area contributed by atoms with Crippen LogP contribution in [-0.4, -0.2) is 24.0 Å². The summed E-state index contributed by atoms with van der Waals surface area (Å²) in [6, 6.07) is 0. The maximum atomic E-state index is 5.54. The lowest BCUT2D eigenvalue weighted by molar-refractivity contribution is 0.365. The number of nitrogens with zero attached hydrogens (tertiary/aromatic N) is 2. The van der Waals surface area contributed by atoms with Crippen LogP contribution in [0, 0.1) is 19.3 Å². The highest BCUT2D eigenvalue weighted by Crippen LogP contribution is 2.19. The SMILES string of the molecule is CCNC(=NCc1nc(C)c(C)o1)NCCCC(C)(C)C. The van der Waals surface area contributed by atoms with Crippen LogP contribution in [0.3, 0.4) is 0 Å². The minimum Gasteiger partial charge on any atom is -0.444 e. The lowest BCUT2D eigenvalue weighted by atomic mass is 9.91. The topological polar surface area (TPSA) is 62.5 Å². The zero-order valence-electron chi connectivity index (χ0n) is 14.3. The molecule has 0 spiro atoms. The molecular weight excluding hydrogens is 264 g/mol. The first kappa shape index (κ1) is 17.5. The van der Waals surface area contributed by atoms with E-state index in [0.717, 1.165) is 36.9 Å². The Labute approximate surface area is 128 Å².